The predicted molar refractivity (Wildman–Crippen MR) is 141 cm³/mol. The number of pyridine rings is 2. The van der Waals surface area contributed by atoms with E-state index < -0.39 is 40.8 Å². The van der Waals surface area contributed by atoms with Gasteiger partial charge >= 0.3 is 0 Å². The average molecular weight is 599 g/mol. The molecule has 2 N–H and O–H groups in total. The number of anilines is 3. The van der Waals surface area contributed by atoms with E-state index in [0.29, 0.717) is 25.3 Å². The minimum Gasteiger partial charge on any atom is -0.377 e. The minimum atomic E-state index is -1.31. The summed E-state index contributed by atoms with van der Waals surface area (Å²) in [5.41, 5.74) is 0.191. The van der Waals surface area contributed by atoms with Crippen LogP contribution in [-0.2, 0) is 4.74 Å². The summed E-state index contributed by atoms with van der Waals surface area (Å²) in [5.74, 6) is -5.96. The van der Waals surface area contributed by atoms with Crippen molar-refractivity contribution in [3.8, 4) is 6.07 Å². The summed E-state index contributed by atoms with van der Waals surface area (Å²) in [6.45, 7) is 0.774. The van der Waals surface area contributed by atoms with Gasteiger partial charge < -0.3 is 15.4 Å². The predicted octanol–water partition coefficient (Wildman–Crippen LogP) is 5.96. The van der Waals surface area contributed by atoms with Gasteiger partial charge in [0.1, 0.15) is 41.3 Å². The molecule has 3 aromatic heterocycles. The first-order valence-corrected chi connectivity index (χ1v) is 12.6. The molecular formula is C27H16ClF5N8O. The van der Waals surface area contributed by atoms with E-state index in [1.165, 1.54) is 29.2 Å². The Kier molecular flexibility index (Phi) is 7.05. The Morgan fingerprint density at radius 1 is 0.976 bits per heavy atom. The van der Waals surface area contributed by atoms with Crippen LogP contribution in [0.1, 0.15) is 28.9 Å². The zero-order valence-corrected chi connectivity index (χ0v) is 21.8. The summed E-state index contributed by atoms with van der Waals surface area (Å²) in [5, 5.41) is 24.0. The molecule has 15 heteroatoms. The zero-order valence-electron chi connectivity index (χ0n) is 21.0. The smallest absolute Gasteiger partial charge is 0.249 e. The molecule has 0 radical (unpaired) electrons. The Labute approximate surface area is 238 Å². The average Bonchev–Trinajstić information content (AvgIpc) is 3.38. The molecule has 0 bridgehead atoms. The Morgan fingerprint density at radius 3 is 2.40 bits per heavy atom. The van der Waals surface area contributed by atoms with Gasteiger partial charge in [-0.2, -0.15) is 9.65 Å². The number of ether oxygens (including phenoxy) is 1. The number of hydrogen-bond donors (Lipinski definition) is 2. The van der Waals surface area contributed by atoms with Crippen molar-refractivity contribution >= 4 is 39.6 Å². The Bertz CT molecular complexity index is 1870. The van der Waals surface area contributed by atoms with Crippen molar-refractivity contribution < 1.29 is 26.7 Å². The molecular weight excluding hydrogens is 583 g/mol. The summed E-state index contributed by atoms with van der Waals surface area (Å²) in [6, 6.07) is 5.41. The highest BCUT2D eigenvalue weighted by atomic mass is 35.5. The van der Waals surface area contributed by atoms with E-state index >= 15 is 8.78 Å². The fraction of sp³-hybridized carbons (Fsp3) is 0.148. The van der Waals surface area contributed by atoms with Gasteiger partial charge in [-0.05, 0) is 12.1 Å². The molecule has 0 amide bonds. The van der Waals surface area contributed by atoms with Crippen LogP contribution in [0.15, 0.2) is 48.9 Å². The van der Waals surface area contributed by atoms with E-state index in [1.54, 1.807) is 0 Å². The Hall–Kier alpha value is -4.87. The number of nitrogens with one attached hydrogen (secondary N) is 2. The number of benzene rings is 2. The van der Waals surface area contributed by atoms with Crippen LogP contribution in [0.2, 0.25) is 5.02 Å². The van der Waals surface area contributed by atoms with E-state index in [1.807, 2.05) is 6.07 Å². The van der Waals surface area contributed by atoms with Gasteiger partial charge in [-0.1, -0.05) is 16.8 Å². The molecule has 42 heavy (non-hydrogen) atoms. The number of fused-ring (bicyclic) bond motifs is 1. The molecule has 1 unspecified atom stereocenters. The van der Waals surface area contributed by atoms with Crippen molar-refractivity contribution in [3.63, 3.8) is 0 Å². The number of aromatic nitrogens is 5. The first kappa shape index (κ1) is 27.3. The van der Waals surface area contributed by atoms with E-state index in [2.05, 4.69) is 30.9 Å². The lowest BCUT2D eigenvalue weighted by atomic mass is 10.0. The SMILES string of the molecule is N#Cc1cnc2c(Cl)cc(NC(c3cn(C4COC4)nn3)c3c(F)cc(F)cc3F)cc2c1Nc1cnc(F)c(F)c1. The summed E-state index contributed by atoms with van der Waals surface area (Å²) in [7, 11) is 0. The topological polar surface area (TPSA) is 114 Å². The van der Waals surface area contributed by atoms with Gasteiger partial charge in [0.2, 0.25) is 5.95 Å². The lowest BCUT2D eigenvalue weighted by Gasteiger charge is -2.25. The maximum Gasteiger partial charge on any atom is 0.249 e. The van der Waals surface area contributed by atoms with Crippen LogP contribution >= 0.6 is 11.6 Å². The number of nitrogens with zero attached hydrogens (tertiary/aromatic N) is 6. The summed E-state index contributed by atoms with van der Waals surface area (Å²) in [6.07, 6.45) is 3.77. The maximum absolute atomic E-state index is 15.1. The van der Waals surface area contributed by atoms with Gasteiger partial charge in [-0.15, -0.1) is 5.10 Å². The van der Waals surface area contributed by atoms with Crippen molar-refractivity contribution in [1.29, 1.82) is 5.26 Å². The van der Waals surface area contributed by atoms with Crippen LogP contribution in [0.3, 0.4) is 0 Å². The number of nitriles is 1. The lowest BCUT2D eigenvalue weighted by Crippen LogP contribution is -2.31. The Balaban J connectivity index is 1.47. The van der Waals surface area contributed by atoms with Crippen LogP contribution in [0.4, 0.5) is 39.0 Å². The third kappa shape index (κ3) is 5.04. The number of halogens is 6. The highest BCUT2D eigenvalue weighted by molar-refractivity contribution is 6.36. The van der Waals surface area contributed by atoms with Crippen molar-refractivity contribution in [2.75, 3.05) is 23.8 Å². The molecule has 6 rings (SSSR count). The van der Waals surface area contributed by atoms with Gasteiger partial charge in [-0.3, -0.25) is 4.98 Å². The third-order valence-electron chi connectivity index (χ3n) is 6.57. The molecule has 0 saturated carbocycles. The monoisotopic (exact) mass is 598 g/mol. The highest BCUT2D eigenvalue weighted by Crippen LogP contribution is 2.37. The minimum absolute atomic E-state index is 0.0253. The maximum atomic E-state index is 15.1. The first-order valence-electron chi connectivity index (χ1n) is 12.2. The van der Waals surface area contributed by atoms with E-state index in [4.69, 9.17) is 16.3 Å². The van der Waals surface area contributed by atoms with E-state index in [9.17, 15) is 18.4 Å². The second-order valence-corrected chi connectivity index (χ2v) is 9.72. The highest BCUT2D eigenvalue weighted by Gasteiger charge is 2.29. The molecule has 1 aliphatic rings. The second-order valence-electron chi connectivity index (χ2n) is 9.31. The largest absolute Gasteiger partial charge is 0.377 e. The van der Waals surface area contributed by atoms with Crippen LogP contribution in [0.25, 0.3) is 10.9 Å². The molecule has 0 aliphatic carbocycles. The molecule has 5 aromatic rings. The number of rotatable bonds is 7. The molecule has 2 aromatic carbocycles. The standard InChI is InChI=1S/C27H16ClF5N8O/c28-18-4-14(3-17-24(12(6-34)7-35-25(17)18)38-15-5-21(32)27(33)36-8-15)37-26(23-19(30)1-13(29)2-20(23)31)22-9-41(40-39-22)16-10-42-11-16/h1-5,7-9,16,26,37H,10-11H2,(H,35,38). The van der Waals surface area contributed by atoms with E-state index in [-0.39, 0.29) is 50.3 Å². The van der Waals surface area contributed by atoms with Crippen molar-refractivity contribution in [2.24, 2.45) is 0 Å². The fourth-order valence-electron chi connectivity index (χ4n) is 4.46. The van der Waals surface area contributed by atoms with Gasteiger partial charge in [0.25, 0.3) is 0 Å². The van der Waals surface area contributed by atoms with Gasteiger partial charge in [-0.25, -0.2) is 27.2 Å². The van der Waals surface area contributed by atoms with Crippen molar-refractivity contribution in [1.82, 2.24) is 25.0 Å². The van der Waals surface area contributed by atoms with Crippen LogP contribution in [-0.4, -0.2) is 38.2 Å². The zero-order chi connectivity index (χ0) is 29.5. The molecule has 0 spiro atoms. The normalized spacial score (nSPS) is 13.9. The van der Waals surface area contributed by atoms with Crippen molar-refractivity contribution in [2.45, 2.75) is 12.1 Å². The summed E-state index contributed by atoms with van der Waals surface area (Å²) < 4.78 is 77.8. The van der Waals surface area contributed by atoms with Crippen LogP contribution in [0.5, 0.6) is 0 Å². The van der Waals surface area contributed by atoms with Crippen LogP contribution < -0.4 is 10.6 Å². The molecule has 1 atom stereocenters. The van der Waals surface area contributed by atoms with Gasteiger partial charge in [0, 0.05) is 35.5 Å². The second kappa shape index (κ2) is 10.8. The lowest BCUT2D eigenvalue weighted by molar-refractivity contribution is -0.0293. The van der Waals surface area contributed by atoms with Crippen LogP contribution in [0, 0.1) is 40.5 Å². The van der Waals surface area contributed by atoms with Gasteiger partial charge in [0.15, 0.2) is 5.82 Å². The summed E-state index contributed by atoms with van der Waals surface area (Å²) >= 11 is 6.53. The molecule has 4 heterocycles. The molecule has 1 aliphatic heterocycles. The Morgan fingerprint density at radius 2 is 1.74 bits per heavy atom. The quantitative estimate of drug-likeness (QED) is 0.174. The summed E-state index contributed by atoms with van der Waals surface area (Å²) in [4.78, 5) is 7.57. The van der Waals surface area contributed by atoms with Gasteiger partial charge in [0.05, 0.1) is 58.6 Å². The first-order chi connectivity index (χ1) is 20.2. The molecule has 9 nitrogen and oxygen atoms in total. The number of hydrogen-bond acceptors (Lipinski definition) is 8. The molecule has 1 fully saturated rings. The molecule has 1 saturated heterocycles. The van der Waals surface area contributed by atoms with E-state index in [0.717, 1.165) is 12.3 Å². The van der Waals surface area contributed by atoms with Crippen molar-refractivity contribution in [3.05, 3.63) is 100.0 Å². The fourth-order valence-corrected chi connectivity index (χ4v) is 4.73. The molecule has 212 valence electrons. The third-order valence-corrected chi connectivity index (χ3v) is 6.86.